The Kier molecular flexibility index (Phi) is 4.93. The van der Waals surface area contributed by atoms with Gasteiger partial charge in [-0.15, -0.1) is 0 Å². The predicted molar refractivity (Wildman–Crippen MR) is 92.1 cm³/mol. The molecule has 0 bridgehead atoms. The van der Waals surface area contributed by atoms with E-state index < -0.39 is 11.9 Å². The molecule has 25 heavy (non-hydrogen) atoms. The second kappa shape index (κ2) is 7.30. The first-order valence-corrected chi connectivity index (χ1v) is 8.20. The van der Waals surface area contributed by atoms with Gasteiger partial charge in [0.25, 0.3) is 0 Å². The number of benzene rings is 2. The van der Waals surface area contributed by atoms with Gasteiger partial charge in [0.15, 0.2) is 0 Å². The zero-order chi connectivity index (χ0) is 17.8. The van der Waals surface area contributed by atoms with E-state index in [9.17, 15) is 14.4 Å². The summed E-state index contributed by atoms with van der Waals surface area (Å²) in [6.45, 7) is 2.30. The van der Waals surface area contributed by atoms with Gasteiger partial charge >= 0.3 is 5.97 Å². The Labute approximate surface area is 146 Å². The van der Waals surface area contributed by atoms with Crippen LogP contribution in [0.1, 0.15) is 35.3 Å². The molecule has 0 unspecified atom stereocenters. The normalized spacial score (nSPS) is 18.0. The van der Waals surface area contributed by atoms with Crippen molar-refractivity contribution in [1.29, 1.82) is 0 Å². The molecule has 1 amide bonds. The van der Waals surface area contributed by atoms with Crippen molar-refractivity contribution in [2.45, 2.75) is 19.4 Å². The van der Waals surface area contributed by atoms with Crippen LogP contribution in [0.4, 0.5) is 0 Å². The molecule has 2 aromatic rings. The maximum atomic E-state index is 12.3. The highest BCUT2D eigenvalue weighted by atomic mass is 16.5. The Morgan fingerprint density at radius 3 is 2.48 bits per heavy atom. The zero-order valence-corrected chi connectivity index (χ0v) is 13.9. The standard InChI is InChI=1S/C20H19NO4/c1-14(16-5-3-2-4-6-16)21-12-17(11-19(21)23)20(24)25-18-9-7-15(13-22)8-10-18/h2-10,13-14,17H,11-12H2,1H3/t14-,17+/m1/s1. The van der Waals surface area contributed by atoms with Crippen LogP contribution in [0.2, 0.25) is 0 Å². The van der Waals surface area contributed by atoms with Crippen molar-refractivity contribution in [3.63, 3.8) is 0 Å². The van der Waals surface area contributed by atoms with E-state index in [0.717, 1.165) is 11.8 Å². The van der Waals surface area contributed by atoms with Crippen LogP contribution in [0.3, 0.4) is 0 Å². The summed E-state index contributed by atoms with van der Waals surface area (Å²) in [4.78, 5) is 37.0. The van der Waals surface area contributed by atoms with Crippen LogP contribution in [0, 0.1) is 5.92 Å². The van der Waals surface area contributed by atoms with E-state index in [1.54, 1.807) is 29.2 Å². The summed E-state index contributed by atoms with van der Waals surface area (Å²) < 4.78 is 5.35. The molecule has 0 N–H and O–H groups in total. The first-order valence-electron chi connectivity index (χ1n) is 8.20. The fourth-order valence-corrected chi connectivity index (χ4v) is 2.99. The molecule has 2 atom stereocenters. The first kappa shape index (κ1) is 16.9. The van der Waals surface area contributed by atoms with E-state index in [1.165, 1.54) is 0 Å². The highest BCUT2D eigenvalue weighted by Gasteiger charge is 2.38. The van der Waals surface area contributed by atoms with Gasteiger partial charge in [-0.3, -0.25) is 14.4 Å². The molecular formula is C20H19NO4. The van der Waals surface area contributed by atoms with E-state index in [1.807, 2.05) is 37.3 Å². The lowest BCUT2D eigenvalue weighted by atomic mass is 10.1. The Balaban J connectivity index is 1.65. The number of carbonyl (C=O) groups is 3. The van der Waals surface area contributed by atoms with Gasteiger partial charge in [0, 0.05) is 18.5 Å². The number of hydrogen-bond donors (Lipinski definition) is 0. The molecule has 2 aromatic carbocycles. The van der Waals surface area contributed by atoms with Crippen molar-refractivity contribution in [2.24, 2.45) is 5.92 Å². The average Bonchev–Trinajstić information content (AvgIpc) is 3.04. The van der Waals surface area contributed by atoms with Crippen LogP contribution >= 0.6 is 0 Å². The molecule has 0 saturated carbocycles. The molecule has 1 fully saturated rings. The molecule has 0 spiro atoms. The van der Waals surface area contributed by atoms with Crippen molar-refractivity contribution in [3.05, 3.63) is 65.7 Å². The minimum absolute atomic E-state index is 0.0467. The highest BCUT2D eigenvalue weighted by molar-refractivity contribution is 5.88. The van der Waals surface area contributed by atoms with E-state index in [-0.39, 0.29) is 18.4 Å². The van der Waals surface area contributed by atoms with Crippen LogP contribution in [-0.4, -0.2) is 29.6 Å². The topological polar surface area (TPSA) is 63.7 Å². The summed E-state index contributed by atoms with van der Waals surface area (Å²) in [5, 5.41) is 0. The quantitative estimate of drug-likeness (QED) is 0.478. The van der Waals surface area contributed by atoms with Crippen molar-refractivity contribution in [2.75, 3.05) is 6.54 Å². The third kappa shape index (κ3) is 3.76. The fraction of sp³-hybridized carbons (Fsp3) is 0.250. The zero-order valence-electron chi connectivity index (χ0n) is 13.9. The molecule has 0 radical (unpaired) electrons. The second-order valence-electron chi connectivity index (χ2n) is 6.14. The molecule has 1 aliphatic heterocycles. The minimum Gasteiger partial charge on any atom is -0.426 e. The lowest BCUT2D eigenvalue weighted by molar-refractivity contribution is -0.139. The van der Waals surface area contributed by atoms with Gasteiger partial charge in [0.05, 0.1) is 12.0 Å². The van der Waals surface area contributed by atoms with Gasteiger partial charge in [0.2, 0.25) is 5.91 Å². The molecule has 0 aromatic heterocycles. The maximum absolute atomic E-state index is 12.3. The molecule has 5 heteroatoms. The summed E-state index contributed by atoms with van der Waals surface area (Å²) in [7, 11) is 0. The molecule has 0 aliphatic carbocycles. The van der Waals surface area contributed by atoms with Crippen LogP contribution in [0.25, 0.3) is 0 Å². The van der Waals surface area contributed by atoms with Gasteiger partial charge in [-0.25, -0.2) is 0 Å². The van der Waals surface area contributed by atoms with Crippen molar-refractivity contribution in [1.82, 2.24) is 4.90 Å². The van der Waals surface area contributed by atoms with Crippen molar-refractivity contribution < 1.29 is 19.1 Å². The summed E-state index contributed by atoms with van der Waals surface area (Å²) in [6.07, 6.45) is 0.881. The number of amides is 1. The summed E-state index contributed by atoms with van der Waals surface area (Å²) >= 11 is 0. The molecule has 1 heterocycles. The lowest BCUT2D eigenvalue weighted by Crippen LogP contribution is -2.30. The molecule has 5 nitrogen and oxygen atoms in total. The number of hydrogen-bond acceptors (Lipinski definition) is 4. The number of carbonyl (C=O) groups excluding carboxylic acids is 3. The third-order valence-corrected chi connectivity index (χ3v) is 4.48. The fourth-order valence-electron chi connectivity index (χ4n) is 2.99. The number of nitrogens with zero attached hydrogens (tertiary/aromatic N) is 1. The van der Waals surface area contributed by atoms with Gasteiger partial charge in [-0.05, 0) is 36.8 Å². The van der Waals surface area contributed by atoms with Crippen molar-refractivity contribution >= 4 is 18.2 Å². The molecule has 1 saturated heterocycles. The van der Waals surface area contributed by atoms with E-state index in [0.29, 0.717) is 17.9 Å². The smallest absolute Gasteiger partial charge is 0.316 e. The summed E-state index contributed by atoms with van der Waals surface area (Å²) in [5.41, 5.74) is 1.55. The average molecular weight is 337 g/mol. The van der Waals surface area contributed by atoms with Crippen LogP contribution in [0.5, 0.6) is 5.75 Å². The largest absolute Gasteiger partial charge is 0.426 e. The summed E-state index contributed by atoms with van der Waals surface area (Å²) in [6, 6.07) is 16.0. The SMILES string of the molecule is C[C@H](c1ccccc1)N1C[C@@H](C(=O)Oc2ccc(C=O)cc2)CC1=O. The van der Waals surface area contributed by atoms with E-state index in [2.05, 4.69) is 0 Å². The second-order valence-corrected chi connectivity index (χ2v) is 6.14. The van der Waals surface area contributed by atoms with Gasteiger partial charge in [-0.2, -0.15) is 0 Å². The first-order chi connectivity index (χ1) is 12.1. The number of likely N-dealkylation sites (tertiary alicyclic amines) is 1. The van der Waals surface area contributed by atoms with Crippen LogP contribution < -0.4 is 4.74 Å². The number of esters is 1. The number of ether oxygens (including phenoxy) is 1. The van der Waals surface area contributed by atoms with E-state index >= 15 is 0 Å². The van der Waals surface area contributed by atoms with Gasteiger partial charge in [-0.1, -0.05) is 30.3 Å². The molecule has 1 aliphatic rings. The van der Waals surface area contributed by atoms with Crippen molar-refractivity contribution in [3.8, 4) is 5.75 Å². The monoisotopic (exact) mass is 337 g/mol. The van der Waals surface area contributed by atoms with E-state index in [4.69, 9.17) is 4.74 Å². The minimum atomic E-state index is -0.482. The molecular weight excluding hydrogens is 318 g/mol. The maximum Gasteiger partial charge on any atom is 0.316 e. The third-order valence-electron chi connectivity index (χ3n) is 4.48. The Morgan fingerprint density at radius 2 is 1.84 bits per heavy atom. The molecule has 128 valence electrons. The lowest BCUT2D eigenvalue weighted by Gasteiger charge is -2.25. The molecule has 3 rings (SSSR count). The van der Waals surface area contributed by atoms with Crippen LogP contribution in [-0.2, 0) is 9.59 Å². The Bertz CT molecular complexity index is 770. The summed E-state index contributed by atoms with van der Waals surface area (Å²) in [5.74, 6) is -0.577. The predicted octanol–water partition coefficient (Wildman–Crippen LogP) is 3.01. The van der Waals surface area contributed by atoms with Gasteiger partial charge < -0.3 is 9.64 Å². The Hall–Kier alpha value is -2.95. The number of aldehydes is 1. The van der Waals surface area contributed by atoms with Crippen LogP contribution in [0.15, 0.2) is 54.6 Å². The Morgan fingerprint density at radius 1 is 1.16 bits per heavy atom. The number of rotatable bonds is 5. The highest BCUT2D eigenvalue weighted by Crippen LogP contribution is 2.29. The van der Waals surface area contributed by atoms with Gasteiger partial charge in [0.1, 0.15) is 12.0 Å².